The predicted octanol–water partition coefficient (Wildman–Crippen LogP) is 5.30. The van der Waals surface area contributed by atoms with Gasteiger partial charge in [0.25, 0.3) is 0 Å². The van der Waals surface area contributed by atoms with Crippen molar-refractivity contribution < 1.29 is 1.37 Å². The minimum Gasteiger partial charge on any atom is -0.0928 e. The van der Waals surface area contributed by atoms with E-state index in [9.17, 15) is 0 Å². The summed E-state index contributed by atoms with van der Waals surface area (Å²) >= 11 is 3.34. The Labute approximate surface area is 94.0 Å². The molecule has 0 rings (SSSR count). The van der Waals surface area contributed by atoms with Crippen molar-refractivity contribution in [2.45, 2.75) is 71.1 Å². The van der Waals surface area contributed by atoms with E-state index in [1.807, 2.05) is 0 Å². The van der Waals surface area contributed by atoms with Gasteiger partial charge < -0.3 is 0 Å². The van der Waals surface area contributed by atoms with Crippen LogP contribution in [0.25, 0.3) is 0 Å². The van der Waals surface area contributed by atoms with Gasteiger partial charge in [-0.2, -0.15) is 0 Å². The van der Waals surface area contributed by atoms with E-state index >= 15 is 0 Å². The fourth-order valence-corrected chi connectivity index (χ4v) is 1.82. The van der Waals surface area contributed by atoms with E-state index in [1.165, 1.54) is 51.4 Å². The Morgan fingerprint density at radius 3 is 1.77 bits per heavy atom. The van der Waals surface area contributed by atoms with Gasteiger partial charge in [0.1, 0.15) is 0 Å². The van der Waals surface area contributed by atoms with Crippen LogP contribution in [0, 0.1) is 0 Å². The van der Waals surface area contributed by atoms with E-state index in [2.05, 4.69) is 22.9 Å². The van der Waals surface area contributed by atoms with Gasteiger partial charge in [-0.15, -0.1) is 0 Å². The van der Waals surface area contributed by atoms with Crippen LogP contribution in [-0.4, -0.2) is 5.33 Å². The highest BCUT2D eigenvalue weighted by molar-refractivity contribution is 9.09. The molecule has 0 aliphatic rings. The fourth-order valence-electron chi connectivity index (χ4n) is 1.50. The van der Waals surface area contributed by atoms with Gasteiger partial charge in [0.05, 0.1) is 0 Å². The molecule has 0 nitrogen and oxygen atoms in total. The van der Waals surface area contributed by atoms with Crippen molar-refractivity contribution in [1.82, 2.24) is 0 Å². The van der Waals surface area contributed by atoms with Crippen LogP contribution in [0.5, 0.6) is 0 Å². The fraction of sp³-hybridized carbons (Fsp3) is 1.00. The molecular formula is C12H25Br. The first kappa shape index (κ1) is 11.6. The van der Waals surface area contributed by atoms with E-state index in [4.69, 9.17) is 1.37 Å². The lowest BCUT2D eigenvalue weighted by molar-refractivity contribution is 0.563. The monoisotopic (exact) mass is 249 g/mol. The minimum absolute atomic E-state index is 0.120. The largest absolute Gasteiger partial charge is 0.0928 e. The summed E-state index contributed by atoms with van der Waals surface area (Å²) in [6.45, 7) is 2.26. The third-order valence-electron chi connectivity index (χ3n) is 2.37. The van der Waals surface area contributed by atoms with Crippen LogP contribution >= 0.6 is 15.9 Å². The van der Waals surface area contributed by atoms with E-state index in [1.54, 1.807) is 0 Å². The molecule has 0 N–H and O–H groups in total. The summed E-state index contributed by atoms with van der Waals surface area (Å²) in [6, 6.07) is 0. The van der Waals surface area contributed by atoms with Gasteiger partial charge >= 0.3 is 0 Å². The molecule has 13 heavy (non-hydrogen) atoms. The van der Waals surface area contributed by atoms with Gasteiger partial charge in [0.15, 0.2) is 0 Å². The zero-order valence-electron chi connectivity index (χ0n) is 10.0. The summed E-state index contributed by atoms with van der Waals surface area (Å²) in [5.41, 5.74) is 0. The van der Waals surface area contributed by atoms with Gasteiger partial charge in [-0.1, -0.05) is 80.6 Å². The Kier molecular flexibility index (Phi) is 11.1. The average Bonchev–Trinajstić information content (AvgIpc) is 2.21. The maximum atomic E-state index is 7.55. The smallest absolute Gasteiger partial charge is 0.0275 e. The van der Waals surface area contributed by atoms with Crippen LogP contribution in [-0.2, 0) is 0 Å². The molecule has 0 aliphatic carbocycles. The standard InChI is InChI=1S/C12H25Br/c1-2-3-4-5-6-7-8-9-10-11-12-13/h2-12H2,1H3/i11D. The normalized spacial score (nSPS) is 14.2. The first-order valence-corrected chi connectivity index (χ1v) is 6.91. The molecule has 1 unspecified atom stereocenters. The van der Waals surface area contributed by atoms with Gasteiger partial charge in [0.2, 0.25) is 0 Å². The summed E-state index contributed by atoms with van der Waals surface area (Å²) in [5, 5.41) is 0.837. The molecule has 80 valence electrons. The van der Waals surface area contributed by atoms with E-state index < -0.39 is 0 Å². The zero-order valence-corrected chi connectivity index (χ0v) is 10.6. The van der Waals surface area contributed by atoms with E-state index in [-0.39, 0.29) is 6.40 Å². The summed E-state index contributed by atoms with van der Waals surface area (Å²) in [7, 11) is 0. The van der Waals surface area contributed by atoms with Gasteiger partial charge in [-0.05, 0) is 6.40 Å². The summed E-state index contributed by atoms with van der Waals surface area (Å²) in [5.74, 6) is 0. The highest BCUT2D eigenvalue weighted by Gasteiger charge is 1.91. The summed E-state index contributed by atoms with van der Waals surface area (Å²) in [4.78, 5) is 0. The van der Waals surface area contributed by atoms with Crippen molar-refractivity contribution in [3.8, 4) is 0 Å². The number of hydrogen-bond acceptors (Lipinski definition) is 0. The summed E-state index contributed by atoms with van der Waals surface area (Å²) < 4.78 is 7.55. The molecule has 0 saturated heterocycles. The predicted molar refractivity (Wildman–Crippen MR) is 65.6 cm³/mol. The molecule has 0 heterocycles. The molecular weight excluding hydrogens is 224 g/mol. The van der Waals surface area contributed by atoms with Crippen molar-refractivity contribution >= 4 is 15.9 Å². The Balaban J connectivity index is 2.92. The van der Waals surface area contributed by atoms with E-state index in [0.29, 0.717) is 0 Å². The molecule has 1 heteroatoms. The highest BCUT2D eigenvalue weighted by Crippen LogP contribution is 2.10. The molecule has 0 spiro atoms. The third-order valence-corrected chi connectivity index (χ3v) is 2.83. The summed E-state index contributed by atoms with van der Waals surface area (Å²) in [6.07, 6.45) is 12.1. The number of alkyl halides is 1. The molecule has 0 amide bonds. The highest BCUT2D eigenvalue weighted by atomic mass is 79.9. The topological polar surface area (TPSA) is 0 Å². The molecule has 1 atom stereocenters. The molecule has 0 aromatic carbocycles. The van der Waals surface area contributed by atoms with Crippen LogP contribution in [0.15, 0.2) is 0 Å². The number of halogens is 1. The zero-order chi connectivity index (χ0) is 10.6. The maximum Gasteiger partial charge on any atom is 0.0275 e. The molecule has 0 bridgehead atoms. The number of unbranched alkanes of at least 4 members (excludes halogenated alkanes) is 7. The Bertz CT molecular complexity index is 106. The second kappa shape index (κ2) is 12.5. The van der Waals surface area contributed by atoms with Gasteiger partial charge in [0, 0.05) is 6.70 Å². The number of hydrogen-bond donors (Lipinski definition) is 0. The van der Waals surface area contributed by atoms with Gasteiger partial charge in [-0.25, -0.2) is 0 Å². The van der Waals surface area contributed by atoms with Crippen molar-refractivity contribution in [1.29, 1.82) is 0 Å². The van der Waals surface area contributed by atoms with Crippen LogP contribution in [0.3, 0.4) is 0 Å². The first-order chi connectivity index (χ1) is 6.81. The van der Waals surface area contributed by atoms with Crippen molar-refractivity contribution in [3.63, 3.8) is 0 Å². The SMILES string of the molecule is [2H]C(CBr)CCCCCCCCCC. The quantitative estimate of drug-likeness (QED) is 0.364. The van der Waals surface area contributed by atoms with Crippen molar-refractivity contribution in [2.24, 2.45) is 0 Å². The second-order valence-electron chi connectivity index (χ2n) is 3.71. The average molecular weight is 250 g/mol. The Hall–Kier alpha value is 0.480. The lowest BCUT2D eigenvalue weighted by Gasteiger charge is -2.00. The second-order valence-corrected chi connectivity index (χ2v) is 4.35. The lowest BCUT2D eigenvalue weighted by Crippen LogP contribution is -1.81. The van der Waals surface area contributed by atoms with Crippen LogP contribution < -0.4 is 0 Å². The molecule has 0 radical (unpaired) electrons. The van der Waals surface area contributed by atoms with Crippen molar-refractivity contribution in [3.05, 3.63) is 0 Å². The van der Waals surface area contributed by atoms with Crippen molar-refractivity contribution in [2.75, 3.05) is 5.33 Å². The number of rotatable bonds is 10. The molecule has 0 aromatic rings. The maximum absolute atomic E-state index is 7.55. The Morgan fingerprint density at radius 2 is 1.31 bits per heavy atom. The van der Waals surface area contributed by atoms with Crippen LogP contribution in [0.2, 0.25) is 0 Å². The molecule has 0 saturated carbocycles. The van der Waals surface area contributed by atoms with E-state index in [0.717, 1.165) is 11.8 Å². The van der Waals surface area contributed by atoms with Gasteiger partial charge in [-0.3, -0.25) is 0 Å². The first-order valence-electron chi connectivity index (χ1n) is 6.37. The Morgan fingerprint density at radius 1 is 0.846 bits per heavy atom. The molecule has 0 aliphatic heterocycles. The lowest BCUT2D eigenvalue weighted by atomic mass is 10.1. The van der Waals surface area contributed by atoms with Crippen LogP contribution in [0.4, 0.5) is 0 Å². The molecule has 0 aromatic heterocycles. The minimum atomic E-state index is 0.120. The molecule has 0 fully saturated rings. The van der Waals surface area contributed by atoms with Crippen LogP contribution in [0.1, 0.15) is 72.5 Å². The third kappa shape index (κ3) is 12.5.